The number of ether oxygens (including phenoxy) is 1. The van der Waals surface area contributed by atoms with Crippen LogP contribution in [0.15, 0.2) is 41.3 Å². The van der Waals surface area contributed by atoms with E-state index in [2.05, 4.69) is 23.0 Å². The molecule has 19 heteroatoms. The van der Waals surface area contributed by atoms with Gasteiger partial charge in [0.25, 0.3) is 0 Å². The Balaban J connectivity index is 1.04. The number of carboxylic acids is 1. The number of unbranched alkanes of at least 4 members (excludes halogenated alkanes) is 2. The number of hydrogen-bond donors (Lipinski definition) is 5. The molecule has 4 heterocycles. The fourth-order valence-electron chi connectivity index (χ4n) is 9.30. The molecule has 0 radical (unpaired) electrons. The fourth-order valence-corrected chi connectivity index (χ4v) is 9.30. The molecule has 2 saturated heterocycles. The van der Waals surface area contributed by atoms with Crippen LogP contribution >= 0.6 is 0 Å². The highest BCUT2D eigenvalue weighted by Crippen LogP contribution is 2.42. The lowest BCUT2D eigenvalue weighted by Crippen LogP contribution is -2.57. The summed E-state index contributed by atoms with van der Waals surface area (Å²) >= 11 is 0. The van der Waals surface area contributed by atoms with Crippen LogP contribution in [0.4, 0.5) is 20.6 Å². The number of carbonyl (C=O) groups excluding carboxylic acids is 6. The molecule has 3 aliphatic rings. The van der Waals surface area contributed by atoms with Crippen LogP contribution in [0.2, 0.25) is 0 Å². The number of aromatic nitrogens is 1. The number of Topliss-reactive ketones (excluding diaryl/α,β-unsaturated/α-hetero) is 1. The van der Waals surface area contributed by atoms with Crippen molar-refractivity contribution in [1.82, 2.24) is 20.1 Å². The summed E-state index contributed by atoms with van der Waals surface area (Å²) in [5, 5.41) is 17.9. The average Bonchev–Trinajstić information content (AvgIpc) is 3.51. The van der Waals surface area contributed by atoms with Gasteiger partial charge in [-0.1, -0.05) is 39.3 Å². The number of likely N-dealkylation sites (tertiary alicyclic amines) is 1. The first-order chi connectivity index (χ1) is 31.8. The molecule has 362 valence electrons. The number of benzene rings is 2. The normalized spacial score (nSPS) is 18.7. The molecular formula is C48H64FN8O10+. The van der Waals surface area contributed by atoms with Crippen molar-refractivity contribution < 1.29 is 52.3 Å². The number of primary amides is 1. The first-order valence-electron chi connectivity index (χ1n) is 23.2. The molecule has 4 atom stereocenters. The second-order valence-electron chi connectivity index (χ2n) is 19.0. The van der Waals surface area contributed by atoms with E-state index >= 15 is 4.39 Å². The van der Waals surface area contributed by atoms with E-state index in [4.69, 9.17) is 10.5 Å². The number of nitrogens with one attached hydrogen (secondary N) is 3. The van der Waals surface area contributed by atoms with Crippen LogP contribution in [0.5, 0.6) is 5.75 Å². The minimum Gasteiger partial charge on any atom is -0.487 e. The van der Waals surface area contributed by atoms with Gasteiger partial charge in [-0.25, -0.2) is 14.0 Å². The van der Waals surface area contributed by atoms with E-state index in [0.717, 1.165) is 11.6 Å². The Labute approximate surface area is 388 Å². The summed E-state index contributed by atoms with van der Waals surface area (Å²) in [6.07, 6.45) is 3.91. The lowest BCUT2D eigenvalue weighted by molar-refractivity contribution is -0.923. The van der Waals surface area contributed by atoms with Crippen LogP contribution < -0.4 is 36.7 Å². The molecule has 6 rings (SSSR count). The molecule has 3 aromatic rings. The van der Waals surface area contributed by atoms with Gasteiger partial charge in [-0.05, 0) is 56.7 Å². The van der Waals surface area contributed by atoms with Crippen molar-refractivity contribution in [1.29, 1.82) is 0 Å². The van der Waals surface area contributed by atoms with E-state index in [0.29, 0.717) is 80.6 Å². The van der Waals surface area contributed by atoms with Gasteiger partial charge in [-0.2, -0.15) is 0 Å². The van der Waals surface area contributed by atoms with Crippen LogP contribution in [0.25, 0.3) is 10.9 Å². The Morgan fingerprint density at radius 2 is 1.70 bits per heavy atom. The van der Waals surface area contributed by atoms with E-state index in [1.54, 1.807) is 23.6 Å². The van der Waals surface area contributed by atoms with Gasteiger partial charge in [-0.15, -0.1) is 0 Å². The number of halogens is 1. The SMILES string of the molecule is CC1CC(=O)N(CCCCCC(=O)N[C@H](C(=O)C[C@@H](CCCNC(N)=O)C(=O)Nc2ccc(C[N+]3(C)CCN(c4c(F)cc5c(=O)c(C(=O)O)cn6c5c4OCC6C)CC3)cc2)C(C)C)C1=O. The van der Waals surface area contributed by atoms with E-state index in [1.807, 2.05) is 37.8 Å². The number of nitrogens with zero attached hydrogens (tertiary/aromatic N) is 4. The maximum absolute atomic E-state index is 15.9. The molecule has 0 saturated carbocycles. The van der Waals surface area contributed by atoms with Crippen LogP contribution in [0.3, 0.4) is 0 Å². The second kappa shape index (κ2) is 21.5. The number of urea groups is 1. The monoisotopic (exact) mass is 931 g/mol. The number of amides is 6. The molecule has 6 amide bonds. The molecule has 1 aromatic heterocycles. The van der Waals surface area contributed by atoms with Crippen molar-refractivity contribution in [3.8, 4) is 5.75 Å². The molecule has 0 bridgehead atoms. The second-order valence-corrected chi connectivity index (χ2v) is 19.0. The number of ketones is 1. The van der Waals surface area contributed by atoms with Gasteiger partial charge in [0.15, 0.2) is 17.3 Å². The zero-order valence-corrected chi connectivity index (χ0v) is 39.0. The number of carbonyl (C=O) groups is 7. The minimum atomic E-state index is -1.38. The predicted molar refractivity (Wildman–Crippen MR) is 248 cm³/mol. The van der Waals surface area contributed by atoms with Gasteiger partial charge in [0.2, 0.25) is 29.1 Å². The number of quaternary nitrogens is 1. The van der Waals surface area contributed by atoms with Gasteiger partial charge in [0.1, 0.15) is 24.4 Å². The Kier molecular flexibility index (Phi) is 16.1. The summed E-state index contributed by atoms with van der Waals surface area (Å²) in [5.41, 5.74) is 6.21. The third kappa shape index (κ3) is 12.0. The van der Waals surface area contributed by atoms with Gasteiger partial charge in [0.05, 0.1) is 56.2 Å². The number of piperazine rings is 1. The number of imide groups is 1. The van der Waals surface area contributed by atoms with E-state index in [-0.39, 0.29) is 103 Å². The molecule has 2 aromatic carbocycles. The van der Waals surface area contributed by atoms with Crippen molar-refractivity contribution >= 4 is 63.7 Å². The van der Waals surface area contributed by atoms with Crippen molar-refractivity contribution in [2.24, 2.45) is 23.5 Å². The quantitative estimate of drug-likeness (QED) is 0.0573. The number of hydrogen-bond acceptors (Lipinski definition) is 10. The van der Waals surface area contributed by atoms with Gasteiger partial charge < -0.3 is 45.5 Å². The average molecular weight is 932 g/mol. The maximum Gasteiger partial charge on any atom is 0.341 e. The predicted octanol–water partition coefficient (Wildman–Crippen LogP) is 4.32. The summed E-state index contributed by atoms with van der Waals surface area (Å²) in [6, 6.07) is 6.75. The molecule has 0 aliphatic carbocycles. The van der Waals surface area contributed by atoms with E-state index < -0.39 is 40.8 Å². The number of rotatable bonds is 21. The summed E-state index contributed by atoms with van der Waals surface area (Å²) < 4.78 is 24.3. The molecule has 18 nitrogen and oxygen atoms in total. The number of carboxylic acid groups (broad SMARTS) is 1. The Morgan fingerprint density at radius 3 is 2.33 bits per heavy atom. The van der Waals surface area contributed by atoms with Gasteiger partial charge >= 0.3 is 12.0 Å². The standard InChI is InChI=1S/C48H63FN8O10/c1-28(2)40(53-38(59)11-7-6-8-17-55-39(60)22-29(3)46(55)63)37(58)23-32(10-9-16-51-48(50)66)45(62)52-33-14-12-31(13-15-33)26-57(5)20-18-54(19-21-57)42-36(49)24-34-41-44(42)67-27-30(4)56(41)25-35(43(34)61)47(64)65/h12-15,24-25,28-30,32,40H,6-11,16-23,26-27H2,1-5H3,(H5-,50,51,52,53,59,62,64,65,66)/p+1/t29?,30?,32-,40+/m1/s1. The molecule has 6 N–H and O–H groups in total. The number of nitrogens with two attached hydrogens (primary N) is 1. The molecule has 3 aliphatic heterocycles. The van der Waals surface area contributed by atoms with Crippen LogP contribution in [-0.2, 0) is 30.5 Å². The first kappa shape index (κ1) is 50.1. The highest BCUT2D eigenvalue weighted by atomic mass is 19.1. The maximum atomic E-state index is 15.9. The fraction of sp³-hybridized carbons (Fsp3) is 0.542. The summed E-state index contributed by atoms with van der Waals surface area (Å²) in [5.74, 6) is -4.44. The molecule has 67 heavy (non-hydrogen) atoms. The first-order valence-corrected chi connectivity index (χ1v) is 23.2. The highest BCUT2D eigenvalue weighted by Gasteiger charge is 2.37. The lowest BCUT2D eigenvalue weighted by Gasteiger charge is -2.43. The zero-order valence-electron chi connectivity index (χ0n) is 39.0. The Hall–Kier alpha value is -6.37. The van der Waals surface area contributed by atoms with Crippen molar-refractivity contribution in [2.75, 3.05) is 63.1 Å². The van der Waals surface area contributed by atoms with E-state index in [9.17, 15) is 43.5 Å². The summed E-state index contributed by atoms with van der Waals surface area (Å²) in [4.78, 5) is 104. The summed E-state index contributed by atoms with van der Waals surface area (Å²) in [7, 11) is 2.11. The molecule has 2 fully saturated rings. The number of anilines is 2. The van der Waals surface area contributed by atoms with Crippen LogP contribution in [-0.4, -0.2) is 119 Å². The highest BCUT2D eigenvalue weighted by molar-refractivity contribution is 6.03. The molecule has 0 spiro atoms. The van der Waals surface area contributed by atoms with Gasteiger partial charge in [0, 0.05) is 61.6 Å². The molecule has 2 unspecified atom stereocenters. The Morgan fingerprint density at radius 1 is 1.00 bits per heavy atom. The van der Waals surface area contributed by atoms with Crippen molar-refractivity contribution in [2.45, 2.75) is 97.7 Å². The van der Waals surface area contributed by atoms with Crippen LogP contribution in [0, 0.1) is 23.6 Å². The van der Waals surface area contributed by atoms with Gasteiger partial charge in [-0.3, -0.25) is 33.7 Å². The van der Waals surface area contributed by atoms with Crippen molar-refractivity contribution in [3.05, 3.63) is 63.7 Å². The number of pyridine rings is 1. The number of likely N-dealkylation sites (N-methyl/N-ethyl adjacent to an activating group) is 1. The zero-order chi connectivity index (χ0) is 48.7. The molecular weight excluding hydrogens is 868 g/mol. The summed E-state index contributed by atoms with van der Waals surface area (Å²) in [6.45, 7) is 10.9. The topological polar surface area (TPSA) is 240 Å². The third-order valence-corrected chi connectivity index (χ3v) is 13.2. The minimum absolute atomic E-state index is 0.0356. The smallest absolute Gasteiger partial charge is 0.341 e. The van der Waals surface area contributed by atoms with E-state index in [1.165, 1.54) is 11.1 Å². The number of aromatic carboxylic acids is 1. The van der Waals surface area contributed by atoms with Crippen LogP contribution in [0.1, 0.15) is 101 Å². The third-order valence-electron chi connectivity index (χ3n) is 13.2. The Bertz CT molecular complexity index is 2450. The lowest BCUT2D eigenvalue weighted by atomic mass is 9.89. The largest absolute Gasteiger partial charge is 0.487 e. The van der Waals surface area contributed by atoms with Crippen molar-refractivity contribution in [3.63, 3.8) is 0 Å².